The van der Waals surface area contributed by atoms with Crippen molar-refractivity contribution in [1.29, 1.82) is 0 Å². The molecule has 1 aromatic heterocycles. The molecule has 3 N–H and O–H groups in total. The van der Waals surface area contributed by atoms with Gasteiger partial charge in [-0.15, -0.1) is 11.3 Å². The van der Waals surface area contributed by atoms with E-state index in [1.165, 1.54) is 18.3 Å². The van der Waals surface area contributed by atoms with Crippen LogP contribution in [0.15, 0.2) is 46.2 Å². The molecule has 2 aromatic rings. The number of rotatable bonds is 3. The van der Waals surface area contributed by atoms with Crippen LogP contribution >= 0.6 is 11.3 Å². The molecule has 0 amide bonds. The maximum atomic E-state index is 13.8. The lowest BCUT2D eigenvalue weighted by Crippen LogP contribution is -2.42. The molecule has 34 heavy (non-hydrogen) atoms. The minimum atomic E-state index is -1.03. The third kappa shape index (κ3) is 3.17. The molecule has 176 valence electrons. The molecule has 7 heteroatoms. The van der Waals surface area contributed by atoms with E-state index in [0.717, 1.165) is 16.0 Å². The number of phenolic OH excluding ortho intramolecular Hbond substituents is 1. The predicted molar refractivity (Wildman–Crippen MR) is 128 cm³/mol. The van der Waals surface area contributed by atoms with Crippen molar-refractivity contribution in [3.05, 3.63) is 62.9 Å². The predicted octanol–water partition coefficient (Wildman–Crippen LogP) is 5.42. The van der Waals surface area contributed by atoms with Gasteiger partial charge in [-0.2, -0.15) is 0 Å². The van der Waals surface area contributed by atoms with Gasteiger partial charge < -0.3 is 15.3 Å². The van der Waals surface area contributed by atoms with Gasteiger partial charge in [-0.1, -0.05) is 19.9 Å². The molecule has 3 aliphatic carbocycles. The molecule has 0 aliphatic heterocycles. The molecular weight excluding hydrogens is 452 g/mol. The standard InChI is InChI=1S/C27H26O6S/c1-11(2)15-10-17(19-5-4-6-34-19)24(30)23-16(15)8-13-7-14-9-18(29)20(12(3)28)25(31)22(14)26(32)21(13)27(23)33/h4-6,10-11,13-14,22,29-30,32H,7-9H2,1-3H3. The Morgan fingerprint density at radius 3 is 2.50 bits per heavy atom. The van der Waals surface area contributed by atoms with Crippen molar-refractivity contribution in [1.82, 2.24) is 0 Å². The van der Waals surface area contributed by atoms with Gasteiger partial charge in [0.05, 0.1) is 17.1 Å². The van der Waals surface area contributed by atoms with Crippen molar-refractivity contribution < 1.29 is 29.7 Å². The summed E-state index contributed by atoms with van der Waals surface area (Å²) in [4.78, 5) is 39.7. The van der Waals surface area contributed by atoms with Crippen molar-refractivity contribution in [3.8, 4) is 16.2 Å². The maximum absolute atomic E-state index is 13.8. The molecular formula is C27H26O6S. The summed E-state index contributed by atoms with van der Waals surface area (Å²) in [6.07, 6.45) is 0.995. The SMILES string of the molecule is CC(=O)C1=C(O)CC2CC3Cc4c(C(C)C)cc(-c5cccs5)c(O)c4C(=O)C3=C(O)C2C1=O. The van der Waals surface area contributed by atoms with Gasteiger partial charge in [0.2, 0.25) is 0 Å². The van der Waals surface area contributed by atoms with E-state index in [4.69, 9.17) is 0 Å². The topological polar surface area (TPSA) is 112 Å². The zero-order chi connectivity index (χ0) is 24.5. The number of ketones is 3. The van der Waals surface area contributed by atoms with Crippen LogP contribution in [0.1, 0.15) is 61.0 Å². The van der Waals surface area contributed by atoms with Crippen molar-refractivity contribution in [2.45, 2.75) is 46.0 Å². The maximum Gasteiger partial charge on any atom is 0.196 e. The summed E-state index contributed by atoms with van der Waals surface area (Å²) in [6.45, 7) is 5.29. The average molecular weight is 479 g/mol. The second-order valence-corrected chi connectivity index (χ2v) is 10.7. The summed E-state index contributed by atoms with van der Waals surface area (Å²) in [5, 5.41) is 34.7. The van der Waals surface area contributed by atoms with E-state index >= 15 is 0 Å². The lowest BCUT2D eigenvalue weighted by molar-refractivity contribution is -0.125. The number of Topliss-reactive ketones (excluding diaryl/α,β-unsaturated/α-hetero) is 3. The van der Waals surface area contributed by atoms with Crippen LogP contribution in [-0.2, 0) is 16.0 Å². The first kappa shape index (κ1) is 22.6. The largest absolute Gasteiger partial charge is 0.511 e. The molecule has 1 aromatic carbocycles. The summed E-state index contributed by atoms with van der Waals surface area (Å²) in [5.74, 6) is -3.95. The summed E-state index contributed by atoms with van der Waals surface area (Å²) in [6, 6.07) is 5.72. The van der Waals surface area contributed by atoms with E-state index in [0.29, 0.717) is 18.4 Å². The van der Waals surface area contributed by atoms with Crippen LogP contribution in [0.2, 0.25) is 0 Å². The van der Waals surface area contributed by atoms with Crippen LogP contribution in [0, 0.1) is 17.8 Å². The first-order valence-electron chi connectivity index (χ1n) is 11.5. The summed E-state index contributed by atoms with van der Waals surface area (Å²) < 4.78 is 0. The summed E-state index contributed by atoms with van der Waals surface area (Å²) >= 11 is 1.47. The number of aliphatic hydroxyl groups is 2. The normalized spacial score (nSPS) is 24.3. The lowest BCUT2D eigenvalue weighted by Gasteiger charge is -2.41. The molecule has 0 saturated heterocycles. The van der Waals surface area contributed by atoms with E-state index in [1.807, 2.05) is 37.4 Å². The molecule has 6 nitrogen and oxygen atoms in total. The Morgan fingerprint density at radius 2 is 1.88 bits per heavy atom. The highest BCUT2D eigenvalue weighted by atomic mass is 32.1. The van der Waals surface area contributed by atoms with Crippen LogP contribution in [-0.4, -0.2) is 32.7 Å². The second-order valence-electron chi connectivity index (χ2n) is 9.80. The highest BCUT2D eigenvalue weighted by Gasteiger charge is 2.50. The molecule has 5 rings (SSSR count). The third-order valence-corrected chi connectivity index (χ3v) is 8.34. The molecule has 3 unspecified atom stereocenters. The Balaban J connectivity index is 1.69. The first-order chi connectivity index (χ1) is 16.1. The fraction of sp³-hybridized carbons (Fsp3) is 0.370. The van der Waals surface area contributed by atoms with Gasteiger partial charge in [-0.05, 0) is 66.2 Å². The monoisotopic (exact) mass is 478 g/mol. The van der Waals surface area contributed by atoms with E-state index < -0.39 is 23.3 Å². The molecule has 0 fully saturated rings. The third-order valence-electron chi connectivity index (χ3n) is 7.44. The van der Waals surface area contributed by atoms with Crippen molar-refractivity contribution in [2.75, 3.05) is 0 Å². The molecule has 0 saturated carbocycles. The minimum absolute atomic E-state index is 0.107. The quantitative estimate of drug-likeness (QED) is 0.508. The summed E-state index contributed by atoms with van der Waals surface area (Å²) in [7, 11) is 0. The van der Waals surface area contributed by atoms with Gasteiger partial charge >= 0.3 is 0 Å². The number of phenols is 1. The fourth-order valence-corrected chi connectivity index (χ4v) is 6.73. The highest BCUT2D eigenvalue weighted by molar-refractivity contribution is 7.13. The molecule has 0 spiro atoms. The summed E-state index contributed by atoms with van der Waals surface area (Å²) in [5.41, 5.74) is 2.40. The van der Waals surface area contributed by atoms with Gasteiger partial charge in [0, 0.05) is 22.4 Å². The molecule has 0 bridgehead atoms. The fourth-order valence-electron chi connectivity index (χ4n) is 5.98. The Kier molecular flexibility index (Phi) is 5.28. The van der Waals surface area contributed by atoms with E-state index in [-0.39, 0.29) is 58.2 Å². The Labute approximate surface area is 201 Å². The van der Waals surface area contributed by atoms with E-state index in [9.17, 15) is 29.7 Å². The average Bonchev–Trinajstić information content (AvgIpc) is 3.27. The zero-order valence-electron chi connectivity index (χ0n) is 19.2. The molecule has 1 heterocycles. The van der Waals surface area contributed by atoms with E-state index in [2.05, 4.69) is 0 Å². The number of aromatic hydroxyl groups is 1. The molecule has 0 radical (unpaired) electrons. The van der Waals surface area contributed by atoms with Crippen LogP contribution in [0.25, 0.3) is 10.4 Å². The highest BCUT2D eigenvalue weighted by Crippen LogP contribution is 2.52. The second kappa shape index (κ2) is 7.94. The number of aliphatic hydroxyl groups excluding tert-OH is 2. The van der Waals surface area contributed by atoms with Crippen molar-refractivity contribution in [2.24, 2.45) is 17.8 Å². The number of carbonyl (C=O) groups is 3. The zero-order valence-corrected chi connectivity index (χ0v) is 20.0. The van der Waals surface area contributed by atoms with Crippen molar-refractivity contribution >= 4 is 28.7 Å². The lowest BCUT2D eigenvalue weighted by atomic mass is 9.61. The van der Waals surface area contributed by atoms with Crippen LogP contribution in [0.3, 0.4) is 0 Å². The Bertz CT molecular complexity index is 1310. The van der Waals surface area contributed by atoms with Crippen LogP contribution in [0.4, 0.5) is 0 Å². The van der Waals surface area contributed by atoms with Gasteiger partial charge in [0.1, 0.15) is 17.3 Å². The van der Waals surface area contributed by atoms with Gasteiger partial charge in [-0.25, -0.2) is 0 Å². The number of thiophene rings is 1. The smallest absolute Gasteiger partial charge is 0.196 e. The number of fused-ring (bicyclic) bond motifs is 3. The number of hydrogen-bond donors (Lipinski definition) is 3. The van der Waals surface area contributed by atoms with Gasteiger partial charge in [0.25, 0.3) is 0 Å². The minimum Gasteiger partial charge on any atom is -0.511 e. The Morgan fingerprint density at radius 1 is 1.15 bits per heavy atom. The van der Waals surface area contributed by atoms with Crippen LogP contribution in [0.5, 0.6) is 5.75 Å². The van der Waals surface area contributed by atoms with Gasteiger partial charge in [-0.3, -0.25) is 14.4 Å². The Hall–Kier alpha value is -3.19. The first-order valence-corrected chi connectivity index (χ1v) is 12.4. The van der Waals surface area contributed by atoms with Crippen molar-refractivity contribution in [3.63, 3.8) is 0 Å². The molecule has 3 aliphatic rings. The number of carbonyl (C=O) groups excluding carboxylic acids is 3. The number of allylic oxidation sites excluding steroid dienone is 4. The number of benzene rings is 1. The van der Waals surface area contributed by atoms with E-state index in [1.54, 1.807) is 0 Å². The number of hydrogen-bond acceptors (Lipinski definition) is 7. The van der Waals surface area contributed by atoms with Crippen LogP contribution < -0.4 is 0 Å². The molecule has 3 atom stereocenters. The van der Waals surface area contributed by atoms with Gasteiger partial charge in [0.15, 0.2) is 17.3 Å².